The largest absolute Gasteiger partial charge is 0.116 e. The van der Waals surface area contributed by atoms with E-state index in [9.17, 15) is 0 Å². The molecule has 0 rings (SSSR count). The standard InChI is InChI=1S/C9H21P.C3H9P/c1-4-7-10(8-5-2)9-6-3;1-4(2)3/h4-9H2,1-3H3;1-3H3. The van der Waals surface area contributed by atoms with E-state index in [2.05, 4.69) is 40.8 Å². The average molecular weight is 236 g/mol. The van der Waals surface area contributed by atoms with Crippen molar-refractivity contribution in [2.24, 2.45) is 0 Å². The van der Waals surface area contributed by atoms with Crippen molar-refractivity contribution in [2.75, 3.05) is 38.5 Å². The summed E-state index contributed by atoms with van der Waals surface area (Å²) in [5.74, 6) is 0. The normalized spacial score (nSPS) is 10.3. The van der Waals surface area contributed by atoms with Gasteiger partial charge in [-0.15, -0.1) is 15.8 Å². The van der Waals surface area contributed by atoms with Crippen LogP contribution in [0.25, 0.3) is 0 Å². The Morgan fingerprint density at radius 1 is 0.643 bits per heavy atom. The summed E-state index contributed by atoms with van der Waals surface area (Å²) in [4.78, 5) is 0. The number of hydrogen-bond donors (Lipinski definition) is 0. The van der Waals surface area contributed by atoms with Gasteiger partial charge < -0.3 is 0 Å². The molecule has 0 unspecified atom stereocenters. The molecule has 0 atom stereocenters. The third kappa shape index (κ3) is 18.6. The number of rotatable bonds is 6. The first-order chi connectivity index (χ1) is 6.58. The second kappa shape index (κ2) is 13.9. The summed E-state index contributed by atoms with van der Waals surface area (Å²) in [6.07, 6.45) is 8.72. The van der Waals surface area contributed by atoms with E-state index in [0.29, 0.717) is 15.8 Å². The second-order valence-corrected chi connectivity index (χ2v) is 9.55. The second-order valence-electron chi connectivity index (χ2n) is 4.18. The Morgan fingerprint density at radius 3 is 1.00 bits per heavy atom. The Morgan fingerprint density at radius 2 is 0.857 bits per heavy atom. The summed E-state index contributed by atoms with van der Waals surface area (Å²) in [5.41, 5.74) is 0. The van der Waals surface area contributed by atoms with Crippen molar-refractivity contribution in [2.45, 2.75) is 40.0 Å². The predicted octanol–water partition coefficient (Wildman–Crippen LogP) is 5.06. The lowest BCUT2D eigenvalue weighted by atomic mass is 10.6. The fraction of sp³-hybridized carbons (Fsp3) is 1.00. The van der Waals surface area contributed by atoms with Crippen LogP contribution in [0.4, 0.5) is 0 Å². The minimum atomic E-state index is 0.380. The topological polar surface area (TPSA) is 0 Å². The molecule has 2 heteroatoms. The smallest absolute Gasteiger partial charge is 0.0329 e. The highest BCUT2D eigenvalue weighted by atomic mass is 31.1. The van der Waals surface area contributed by atoms with Gasteiger partial charge in [0.25, 0.3) is 0 Å². The minimum absolute atomic E-state index is 0.380. The molecule has 0 radical (unpaired) electrons. The third-order valence-electron chi connectivity index (χ3n) is 1.62. The molecule has 0 aliphatic heterocycles. The lowest BCUT2D eigenvalue weighted by Gasteiger charge is -2.13. The Bertz CT molecular complexity index is 75.3. The van der Waals surface area contributed by atoms with Crippen LogP contribution in [0.5, 0.6) is 0 Å². The fourth-order valence-electron chi connectivity index (χ4n) is 1.28. The number of hydrogen-bond acceptors (Lipinski definition) is 0. The summed E-state index contributed by atoms with van der Waals surface area (Å²) in [6, 6.07) is 0. The molecule has 0 aliphatic rings. The van der Waals surface area contributed by atoms with Crippen LogP contribution in [0.3, 0.4) is 0 Å². The first kappa shape index (κ1) is 17.3. The highest BCUT2D eigenvalue weighted by Gasteiger charge is 2.02. The first-order valence-corrected chi connectivity index (χ1v) is 10.5. The van der Waals surface area contributed by atoms with Crippen molar-refractivity contribution < 1.29 is 0 Å². The molecule has 0 aromatic rings. The van der Waals surface area contributed by atoms with Crippen LogP contribution in [0, 0.1) is 0 Å². The van der Waals surface area contributed by atoms with Gasteiger partial charge >= 0.3 is 0 Å². The molecular weight excluding hydrogens is 206 g/mol. The Kier molecular flexibility index (Phi) is 17.1. The van der Waals surface area contributed by atoms with Crippen LogP contribution in [0.2, 0.25) is 0 Å². The van der Waals surface area contributed by atoms with Crippen LogP contribution in [-0.4, -0.2) is 38.5 Å². The molecule has 0 aromatic carbocycles. The average Bonchev–Trinajstić information content (AvgIpc) is 2.04. The predicted molar refractivity (Wildman–Crippen MR) is 77.1 cm³/mol. The van der Waals surface area contributed by atoms with Crippen molar-refractivity contribution in [3.05, 3.63) is 0 Å². The van der Waals surface area contributed by atoms with E-state index in [-0.39, 0.29) is 0 Å². The molecule has 88 valence electrons. The van der Waals surface area contributed by atoms with Crippen molar-refractivity contribution in [1.29, 1.82) is 0 Å². The van der Waals surface area contributed by atoms with E-state index in [1.54, 1.807) is 0 Å². The van der Waals surface area contributed by atoms with Gasteiger partial charge in [0, 0.05) is 0 Å². The first-order valence-electron chi connectivity index (χ1n) is 5.91. The van der Waals surface area contributed by atoms with Crippen molar-refractivity contribution in [3.63, 3.8) is 0 Å². The zero-order chi connectivity index (χ0) is 11.4. The van der Waals surface area contributed by atoms with E-state index < -0.39 is 0 Å². The molecule has 0 aromatic heterocycles. The van der Waals surface area contributed by atoms with Crippen LogP contribution in [0.15, 0.2) is 0 Å². The van der Waals surface area contributed by atoms with Gasteiger partial charge in [0.1, 0.15) is 0 Å². The molecule has 0 nitrogen and oxygen atoms in total. The summed E-state index contributed by atoms with van der Waals surface area (Å²) >= 11 is 0. The molecule has 0 saturated heterocycles. The molecule has 0 aliphatic carbocycles. The Hall–Kier alpha value is 0.860. The summed E-state index contributed by atoms with van der Waals surface area (Å²) in [6.45, 7) is 13.6. The zero-order valence-electron chi connectivity index (χ0n) is 11.1. The molecule has 0 fully saturated rings. The minimum Gasteiger partial charge on any atom is -0.116 e. The zero-order valence-corrected chi connectivity index (χ0v) is 12.9. The van der Waals surface area contributed by atoms with Gasteiger partial charge in [-0.25, -0.2) is 0 Å². The molecule has 14 heavy (non-hydrogen) atoms. The molecule has 0 heterocycles. The van der Waals surface area contributed by atoms with Crippen molar-refractivity contribution >= 4 is 15.8 Å². The summed E-state index contributed by atoms with van der Waals surface area (Å²) in [7, 11) is 0.819. The van der Waals surface area contributed by atoms with Crippen LogP contribution < -0.4 is 0 Å². The van der Waals surface area contributed by atoms with Gasteiger partial charge in [-0.1, -0.05) is 40.0 Å². The monoisotopic (exact) mass is 236 g/mol. The maximum absolute atomic E-state index is 2.31. The molecule has 0 saturated carbocycles. The van der Waals surface area contributed by atoms with E-state index in [1.165, 1.54) is 37.7 Å². The highest BCUT2D eigenvalue weighted by molar-refractivity contribution is 7.57. The Labute approximate surface area is 94.8 Å². The lowest BCUT2D eigenvalue weighted by molar-refractivity contribution is 1.02. The third-order valence-corrected chi connectivity index (χ3v) is 4.86. The van der Waals surface area contributed by atoms with Crippen LogP contribution >= 0.6 is 15.8 Å². The molecule has 0 amide bonds. The fourth-order valence-corrected chi connectivity index (χ4v) is 3.85. The summed E-state index contributed by atoms with van der Waals surface area (Å²) < 4.78 is 0. The molecule has 0 spiro atoms. The van der Waals surface area contributed by atoms with E-state index >= 15 is 0 Å². The van der Waals surface area contributed by atoms with Crippen LogP contribution in [-0.2, 0) is 0 Å². The van der Waals surface area contributed by atoms with E-state index in [0.717, 1.165) is 0 Å². The quantitative estimate of drug-likeness (QED) is 0.566. The van der Waals surface area contributed by atoms with E-state index in [4.69, 9.17) is 0 Å². The van der Waals surface area contributed by atoms with Gasteiger partial charge in [-0.3, -0.25) is 0 Å². The SMILES string of the molecule is CCCP(CCC)CCC.CP(C)C. The Balaban J connectivity index is 0. The lowest BCUT2D eigenvalue weighted by Crippen LogP contribution is -1.92. The van der Waals surface area contributed by atoms with E-state index in [1.807, 2.05) is 0 Å². The maximum Gasteiger partial charge on any atom is -0.0329 e. The summed E-state index contributed by atoms with van der Waals surface area (Å²) in [5, 5.41) is 0. The van der Waals surface area contributed by atoms with Crippen LogP contribution in [0.1, 0.15) is 40.0 Å². The van der Waals surface area contributed by atoms with Gasteiger partial charge in [0.2, 0.25) is 0 Å². The molecule has 0 bridgehead atoms. The van der Waals surface area contributed by atoms with Crippen molar-refractivity contribution in [1.82, 2.24) is 0 Å². The van der Waals surface area contributed by atoms with Crippen molar-refractivity contribution in [3.8, 4) is 0 Å². The van der Waals surface area contributed by atoms with Gasteiger partial charge in [-0.2, -0.15) is 0 Å². The van der Waals surface area contributed by atoms with Gasteiger partial charge in [-0.05, 0) is 38.5 Å². The molecule has 0 N–H and O–H groups in total. The van der Waals surface area contributed by atoms with Gasteiger partial charge in [0.15, 0.2) is 0 Å². The molecular formula is C12H30P2. The van der Waals surface area contributed by atoms with Gasteiger partial charge in [0.05, 0.1) is 0 Å². The highest BCUT2D eigenvalue weighted by Crippen LogP contribution is 2.37. The maximum atomic E-state index is 2.31.